The van der Waals surface area contributed by atoms with Gasteiger partial charge in [-0.15, -0.1) is 10.2 Å². The molecule has 1 unspecified atom stereocenters. The summed E-state index contributed by atoms with van der Waals surface area (Å²) < 4.78 is 0. The van der Waals surface area contributed by atoms with Gasteiger partial charge in [-0.05, 0) is 46.0 Å². The van der Waals surface area contributed by atoms with E-state index in [9.17, 15) is 0 Å². The first-order valence-corrected chi connectivity index (χ1v) is 10.9. The predicted molar refractivity (Wildman–Crippen MR) is 125 cm³/mol. The first kappa shape index (κ1) is 21.0. The molecule has 0 aliphatic rings. The van der Waals surface area contributed by atoms with Gasteiger partial charge in [0, 0.05) is 17.9 Å². The second-order valence-electron chi connectivity index (χ2n) is 8.02. The van der Waals surface area contributed by atoms with Crippen LogP contribution in [-0.4, -0.2) is 41.2 Å². The highest BCUT2D eigenvalue weighted by atomic mass is 32.1. The lowest BCUT2D eigenvalue weighted by atomic mass is 9.94. The Bertz CT molecular complexity index is 1120. The highest BCUT2D eigenvalue weighted by molar-refractivity contribution is 7.78. The normalized spacial score (nSPS) is 12.2. The van der Waals surface area contributed by atoms with E-state index >= 15 is 0 Å². The molecule has 0 spiro atoms. The van der Waals surface area contributed by atoms with E-state index in [1.165, 1.54) is 5.56 Å². The Kier molecular flexibility index (Phi) is 6.57. The monoisotopic (exact) mass is 431 g/mol. The fourth-order valence-electron chi connectivity index (χ4n) is 3.77. The van der Waals surface area contributed by atoms with Crippen molar-refractivity contribution >= 4 is 17.6 Å². The molecule has 4 rings (SSSR count). The molecule has 0 saturated heterocycles. The highest BCUT2D eigenvalue weighted by Crippen LogP contribution is 2.30. The van der Waals surface area contributed by atoms with Crippen molar-refractivity contribution in [1.29, 1.82) is 0 Å². The molecule has 158 valence electrons. The average Bonchev–Trinajstić information content (AvgIpc) is 3.46. The number of nitrogens with zero attached hydrogens (tertiary/aromatic N) is 5. The summed E-state index contributed by atoms with van der Waals surface area (Å²) in [6.07, 6.45) is 2.55. The minimum atomic E-state index is 0.270. The van der Waals surface area contributed by atoms with Crippen LogP contribution in [0.5, 0.6) is 0 Å². The van der Waals surface area contributed by atoms with Crippen LogP contribution < -0.4 is 0 Å². The van der Waals surface area contributed by atoms with E-state index in [4.69, 9.17) is 17.2 Å². The Balaban J connectivity index is 1.51. The minimum Gasteiger partial charge on any atom is -0.263 e. The maximum Gasteiger partial charge on any atom is 0.205 e. The van der Waals surface area contributed by atoms with E-state index in [1.807, 2.05) is 18.2 Å². The van der Waals surface area contributed by atoms with Crippen LogP contribution in [0.3, 0.4) is 0 Å². The zero-order chi connectivity index (χ0) is 21.6. The number of tetrazole rings is 1. The van der Waals surface area contributed by atoms with E-state index in [-0.39, 0.29) is 5.92 Å². The number of H-pyrrole nitrogens is 2. The summed E-state index contributed by atoms with van der Waals surface area (Å²) in [6, 6.07) is 16.5. The molecule has 0 radical (unpaired) electrons. The van der Waals surface area contributed by atoms with E-state index < -0.39 is 0 Å². The standard InChI is InChI=1S/C23H25N7S/c1-15(2)13-18(11-12-31)22-24-21(25-26-22)14-16-7-9-17(10-8-16)19-5-3-4-6-20(19)23-27-29-30-28-23/h3-10,12,15,18H,11,13-14H2,1-2H3,(H,24,25,26)(H,27,28,29,30). The Labute approximate surface area is 186 Å². The molecule has 4 aromatic rings. The molecule has 2 heterocycles. The van der Waals surface area contributed by atoms with Crippen LogP contribution >= 0.6 is 12.2 Å². The Hall–Kier alpha value is -3.26. The zero-order valence-electron chi connectivity index (χ0n) is 17.6. The van der Waals surface area contributed by atoms with Gasteiger partial charge < -0.3 is 0 Å². The maximum absolute atomic E-state index is 5.08. The van der Waals surface area contributed by atoms with Crippen LogP contribution in [0.1, 0.15) is 49.8 Å². The SMILES string of the molecule is CC(C)CC(CC=S)c1n[nH]c(Cc2ccc(-c3ccccc3-c3nn[nH]n3)cc2)n1. The van der Waals surface area contributed by atoms with Crippen molar-refractivity contribution in [3.63, 3.8) is 0 Å². The van der Waals surface area contributed by atoms with Crippen molar-refractivity contribution in [1.82, 2.24) is 35.8 Å². The van der Waals surface area contributed by atoms with Gasteiger partial charge in [0.25, 0.3) is 0 Å². The van der Waals surface area contributed by atoms with Crippen molar-refractivity contribution in [2.45, 2.75) is 39.0 Å². The van der Waals surface area contributed by atoms with Gasteiger partial charge in [0.05, 0.1) is 0 Å². The highest BCUT2D eigenvalue weighted by Gasteiger charge is 2.17. The molecule has 0 amide bonds. The predicted octanol–water partition coefficient (Wildman–Crippen LogP) is 4.76. The van der Waals surface area contributed by atoms with Crippen LogP contribution in [0.4, 0.5) is 0 Å². The van der Waals surface area contributed by atoms with Crippen LogP contribution in [0.15, 0.2) is 48.5 Å². The number of aromatic amines is 2. The molecule has 0 aliphatic carbocycles. The molecule has 0 saturated carbocycles. The second-order valence-corrected chi connectivity index (χ2v) is 8.36. The van der Waals surface area contributed by atoms with E-state index in [0.29, 0.717) is 18.2 Å². The van der Waals surface area contributed by atoms with Gasteiger partial charge in [-0.25, -0.2) is 4.98 Å². The van der Waals surface area contributed by atoms with Crippen LogP contribution in [0.25, 0.3) is 22.5 Å². The Morgan fingerprint density at radius 1 is 1.00 bits per heavy atom. The topological polar surface area (TPSA) is 96.0 Å². The lowest BCUT2D eigenvalue weighted by molar-refractivity contribution is 0.495. The first-order chi connectivity index (χ1) is 15.1. The molecule has 0 bridgehead atoms. The van der Waals surface area contributed by atoms with Gasteiger partial charge in [0.1, 0.15) is 5.82 Å². The van der Waals surface area contributed by atoms with Crippen molar-refractivity contribution in [3.8, 4) is 22.5 Å². The molecule has 2 aromatic carbocycles. The molecular formula is C23H25N7S. The maximum atomic E-state index is 5.08. The molecule has 31 heavy (non-hydrogen) atoms. The third-order valence-corrected chi connectivity index (χ3v) is 5.39. The average molecular weight is 432 g/mol. The fourth-order valence-corrected chi connectivity index (χ4v) is 4.00. The quantitative estimate of drug-likeness (QED) is 0.371. The van der Waals surface area contributed by atoms with Gasteiger partial charge in [0.15, 0.2) is 5.82 Å². The van der Waals surface area contributed by atoms with Crippen molar-refractivity contribution in [2.24, 2.45) is 5.92 Å². The summed E-state index contributed by atoms with van der Waals surface area (Å²) in [7, 11) is 0. The number of rotatable bonds is 9. The fraction of sp³-hybridized carbons (Fsp3) is 0.304. The third-order valence-electron chi connectivity index (χ3n) is 5.20. The van der Waals surface area contributed by atoms with E-state index in [2.05, 4.69) is 75.0 Å². The number of thiocarbonyl (C=S) groups is 1. The van der Waals surface area contributed by atoms with E-state index in [1.54, 1.807) is 5.37 Å². The molecule has 2 N–H and O–H groups in total. The lowest BCUT2D eigenvalue weighted by Crippen LogP contribution is -2.06. The summed E-state index contributed by atoms with van der Waals surface area (Å²) in [5.41, 5.74) is 4.27. The van der Waals surface area contributed by atoms with Gasteiger partial charge in [-0.3, -0.25) is 5.10 Å². The molecule has 8 heteroatoms. The minimum absolute atomic E-state index is 0.270. The summed E-state index contributed by atoms with van der Waals surface area (Å²) in [6.45, 7) is 4.42. The van der Waals surface area contributed by atoms with Crippen LogP contribution in [0, 0.1) is 5.92 Å². The Morgan fingerprint density at radius 2 is 1.77 bits per heavy atom. The number of hydrogen-bond donors (Lipinski definition) is 2. The van der Waals surface area contributed by atoms with Gasteiger partial charge in [-0.1, -0.05) is 74.6 Å². The van der Waals surface area contributed by atoms with Crippen LogP contribution in [0.2, 0.25) is 0 Å². The second kappa shape index (κ2) is 9.70. The van der Waals surface area contributed by atoms with Gasteiger partial charge >= 0.3 is 0 Å². The first-order valence-electron chi connectivity index (χ1n) is 10.4. The van der Waals surface area contributed by atoms with Gasteiger partial charge in [0.2, 0.25) is 5.82 Å². The molecule has 0 fully saturated rings. The van der Waals surface area contributed by atoms with Crippen molar-refractivity contribution in [2.75, 3.05) is 0 Å². The summed E-state index contributed by atoms with van der Waals surface area (Å²) in [5.74, 6) is 3.15. The summed E-state index contributed by atoms with van der Waals surface area (Å²) in [4.78, 5) is 4.75. The van der Waals surface area contributed by atoms with Gasteiger partial charge in [-0.2, -0.15) is 10.3 Å². The lowest BCUT2D eigenvalue weighted by Gasteiger charge is -2.13. The number of aromatic nitrogens is 7. The van der Waals surface area contributed by atoms with Crippen molar-refractivity contribution < 1.29 is 0 Å². The number of nitrogens with one attached hydrogen (secondary N) is 2. The Morgan fingerprint density at radius 3 is 2.45 bits per heavy atom. The molecule has 7 nitrogen and oxygen atoms in total. The van der Waals surface area contributed by atoms with Crippen LogP contribution in [-0.2, 0) is 6.42 Å². The number of hydrogen-bond acceptors (Lipinski definition) is 6. The largest absolute Gasteiger partial charge is 0.263 e. The molecule has 1 atom stereocenters. The molecule has 2 aromatic heterocycles. The zero-order valence-corrected chi connectivity index (χ0v) is 18.4. The molecule has 0 aliphatic heterocycles. The molecular weight excluding hydrogens is 406 g/mol. The van der Waals surface area contributed by atoms with Crippen molar-refractivity contribution in [3.05, 3.63) is 65.7 Å². The summed E-state index contributed by atoms with van der Waals surface area (Å²) in [5, 5.41) is 23.8. The third kappa shape index (κ3) is 5.08. The smallest absolute Gasteiger partial charge is 0.205 e. The summed E-state index contributed by atoms with van der Waals surface area (Å²) >= 11 is 5.08. The van der Waals surface area contributed by atoms with E-state index in [0.717, 1.165) is 41.2 Å². The number of benzene rings is 2.